The summed E-state index contributed by atoms with van der Waals surface area (Å²) in [5.41, 5.74) is 0. The Labute approximate surface area is 111 Å². The molecule has 1 aliphatic rings. The Bertz CT molecular complexity index is 402. The Hall–Kier alpha value is -0.640. The summed E-state index contributed by atoms with van der Waals surface area (Å²) in [5, 5.41) is 8.81. The van der Waals surface area contributed by atoms with E-state index in [1.54, 1.807) is 11.2 Å². The van der Waals surface area contributed by atoms with Crippen molar-refractivity contribution >= 4 is 10.2 Å². The number of nitrogens with zero attached hydrogens (tertiary/aromatic N) is 3. The first-order chi connectivity index (χ1) is 8.41. The summed E-state index contributed by atoms with van der Waals surface area (Å²) in [6.07, 6.45) is 2.01. The van der Waals surface area contributed by atoms with E-state index in [-0.39, 0.29) is 12.5 Å². The van der Waals surface area contributed by atoms with Crippen LogP contribution in [0.4, 0.5) is 0 Å². The Morgan fingerprint density at radius 3 is 2.72 bits per heavy atom. The van der Waals surface area contributed by atoms with Gasteiger partial charge < -0.3 is 0 Å². The van der Waals surface area contributed by atoms with Crippen LogP contribution in [0, 0.1) is 23.2 Å². The van der Waals surface area contributed by atoms with Gasteiger partial charge in [-0.25, -0.2) is 0 Å². The molecular formula is C12H23N3O2S. The van der Waals surface area contributed by atoms with E-state index in [9.17, 15) is 8.42 Å². The van der Waals surface area contributed by atoms with Crippen LogP contribution in [0.5, 0.6) is 0 Å². The molecule has 0 bridgehead atoms. The average Bonchev–Trinajstić information content (AvgIpc) is 2.35. The van der Waals surface area contributed by atoms with Crippen molar-refractivity contribution in [3.05, 3.63) is 0 Å². The minimum atomic E-state index is -3.40. The quantitative estimate of drug-likeness (QED) is 0.761. The van der Waals surface area contributed by atoms with Crippen LogP contribution >= 0.6 is 0 Å². The third-order valence-corrected chi connectivity index (χ3v) is 5.37. The minimum absolute atomic E-state index is 0.276. The maximum atomic E-state index is 12.5. The Kier molecular flexibility index (Phi) is 5.57. The second-order valence-corrected chi connectivity index (χ2v) is 7.02. The van der Waals surface area contributed by atoms with E-state index >= 15 is 0 Å². The van der Waals surface area contributed by atoms with Gasteiger partial charge in [-0.3, -0.25) is 0 Å². The third kappa shape index (κ3) is 3.67. The van der Waals surface area contributed by atoms with Gasteiger partial charge in [0, 0.05) is 26.2 Å². The van der Waals surface area contributed by atoms with Crippen molar-refractivity contribution in [2.75, 3.05) is 26.2 Å². The van der Waals surface area contributed by atoms with Crippen molar-refractivity contribution < 1.29 is 8.42 Å². The predicted octanol–water partition coefficient (Wildman–Crippen LogP) is 1.44. The lowest BCUT2D eigenvalue weighted by molar-refractivity contribution is 0.256. The molecule has 2 atom stereocenters. The highest BCUT2D eigenvalue weighted by Gasteiger charge is 2.32. The first-order valence-corrected chi connectivity index (χ1v) is 7.96. The molecule has 0 aromatic heterocycles. The summed E-state index contributed by atoms with van der Waals surface area (Å²) >= 11 is 0. The molecule has 1 heterocycles. The summed E-state index contributed by atoms with van der Waals surface area (Å²) in [7, 11) is -3.40. The highest BCUT2D eigenvalue weighted by Crippen LogP contribution is 2.21. The molecule has 0 N–H and O–H groups in total. The predicted molar refractivity (Wildman–Crippen MR) is 70.9 cm³/mol. The van der Waals surface area contributed by atoms with E-state index in [2.05, 4.69) is 13.0 Å². The van der Waals surface area contributed by atoms with Gasteiger partial charge in [-0.15, -0.1) is 0 Å². The van der Waals surface area contributed by atoms with Gasteiger partial charge in [-0.05, 0) is 25.7 Å². The second kappa shape index (κ2) is 6.50. The van der Waals surface area contributed by atoms with Crippen LogP contribution in [0.3, 0.4) is 0 Å². The Morgan fingerprint density at radius 2 is 2.22 bits per heavy atom. The highest BCUT2D eigenvalue weighted by atomic mass is 32.2. The Balaban J connectivity index is 2.79. The highest BCUT2D eigenvalue weighted by molar-refractivity contribution is 7.86. The van der Waals surface area contributed by atoms with Gasteiger partial charge in [0.15, 0.2) is 0 Å². The fourth-order valence-corrected chi connectivity index (χ4v) is 4.12. The van der Waals surface area contributed by atoms with Gasteiger partial charge in [0.25, 0.3) is 10.2 Å². The molecule has 1 saturated heterocycles. The van der Waals surface area contributed by atoms with Crippen molar-refractivity contribution in [1.29, 1.82) is 5.26 Å². The molecule has 0 aromatic carbocycles. The molecule has 0 aliphatic carbocycles. The van der Waals surface area contributed by atoms with Crippen LogP contribution in [0.1, 0.15) is 33.6 Å². The molecule has 5 nitrogen and oxygen atoms in total. The molecular weight excluding hydrogens is 250 g/mol. The molecule has 1 aliphatic heterocycles. The van der Waals surface area contributed by atoms with Crippen molar-refractivity contribution in [3.63, 3.8) is 0 Å². The molecule has 2 unspecified atom stereocenters. The van der Waals surface area contributed by atoms with Crippen LogP contribution in [0.25, 0.3) is 0 Å². The largest absolute Gasteiger partial charge is 0.282 e. The van der Waals surface area contributed by atoms with Crippen LogP contribution in [0.2, 0.25) is 0 Å². The van der Waals surface area contributed by atoms with Crippen LogP contribution < -0.4 is 0 Å². The van der Waals surface area contributed by atoms with Gasteiger partial charge in [-0.2, -0.15) is 22.3 Å². The molecule has 18 heavy (non-hydrogen) atoms. The fourth-order valence-electron chi connectivity index (χ4n) is 2.25. The molecule has 0 spiro atoms. The molecule has 1 fully saturated rings. The normalized spacial score (nSPS) is 23.8. The van der Waals surface area contributed by atoms with Crippen molar-refractivity contribution in [2.24, 2.45) is 11.8 Å². The van der Waals surface area contributed by atoms with Crippen LogP contribution in [0.15, 0.2) is 0 Å². The standard InChI is InChI=1S/C12H23N3O2S/c1-4-14(10-12(3)8-13)18(16,17)15-7-5-6-11(2)9-15/h11-12H,4-7,9-10H2,1-3H3. The summed E-state index contributed by atoms with van der Waals surface area (Å²) in [6, 6.07) is 2.09. The Morgan fingerprint density at radius 1 is 1.56 bits per heavy atom. The van der Waals surface area contributed by atoms with E-state index in [4.69, 9.17) is 5.26 Å². The molecule has 104 valence electrons. The zero-order chi connectivity index (χ0) is 13.8. The summed E-state index contributed by atoms with van der Waals surface area (Å²) in [5.74, 6) is 0.141. The van der Waals surface area contributed by atoms with Gasteiger partial charge in [0.1, 0.15) is 0 Å². The van der Waals surface area contributed by atoms with E-state index in [1.165, 1.54) is 4.31 Å². The van der Waals surface area contributed by atoms with Gasteiger partial charge in [-0.1, -0.05) is 13.8 Å². The fraction of sp³-hybridized carbons (Fsp3) is 0.917. The number of piperidine rings is 1. The first kappa shape index (κ1) is 15.4. The zero-order valence-corrected chi connectivity index (χ0v) is 12.3. The van der Waals surface area contributed by atoms with Crippen molar-refractivity contribution in [1.82, 2.24) is 8.61 Å². The molecule has 0 aromatic rings. The smallest absolute Gasteiger partial charge is 0.198 e. The molecule has 0 radical (unpaired) electrons. The van der Waals surface area contributed by atoms with E-state index in [1.807, 2.05) is 6.92 Å². The van der Waals surface area contributed by atoms with Crippen LogP contribution in [-0.2, 0) is 10.2 Å². The molecule has 6 heteroatoms. The van der Waals surface area contributed by atoms with Gasteiger partial charge in [0.2, 0.25) is 0 Å². The summed E-state index contributed by atoms with van der Waals surface area (Å²) in [4.78, 5) is 0. The lowest BCUT2D eigenvalue weighted by Crippen LogP contribution is -2.48. The maximum Gasteiger partial charge on any atom is 0.282 e. The lowest BCUT2D eigenvalue weighted by Gasteiger charge is -2.34. The van der Waals surface area contributed by atoms with E-state index in [0.29, 0.717) is 25.6 Å². The molecule has 0 saturated carbocycles. The van der Waals surface area contributed by atoms with Gasteiger partial charge in [0.05, 0.1) is 12.0 Å². The topological polar surface area (TPSA) is 64.4 Å². The van der Waals surface area contributed by atoms with Crippen molar-refractivity contribution in [3.8, 4) is 6.07 Å². The monoisotopic (exact) mass is 273 g/mol. The molecule has 0 amide bonds. The third-order valence-electron chi connectivity index (χ3n) is 3.32. The van der Waals surface area contributed by atoms with Crippen LogP contribution in [-0.4, -0.2) is 43.2 Å². The van der Waals surface area contributed by atoms with Gasteiger partial charge >= 0.3 is 0 Å². The summed E-state index contributed by atoms with van der Waals surface area (Å²) < 4.78 is 27.9. The minimum Gasteiger partial charge on any atom is -0.198 e. The first-order valence-electron chi connectivity index (χ1n) is 6.56. The number of nitriles is 1. The molecule has 1 rings (SSSR count). The van der Waals surface area contributed by atoms with E-state index < -0.39 is 10.2 Å². The second-order valence-electron chi connectivity index (χ2n) is 5.09. The zero-order valence-electron chi connectivity index (χ0n) is 11.5. The number of rotatable bonds is 5. The lowest BCUT2D eigenvalue weighted by atomic mass is 10.0. The number of hydrogen-bond donors (Lipinski definition) is 0. The number of hydrogen-bond acceptors (Lipinski definition) is 3. The van der Waals surface area contributed by atoms with E-state index in [0.717, 1.165) is 12.8 Å². The van der Waals surface area contributed by atoms with Crippen molar-refractivity contribution in [2.45, 2.75) is 33.6 Å². The SMILES string of the molecule is CCN(CC(C)C#N)S(=O)(=O)N1CCCC(C)C1. The summed E-state index contributed by atoms with van der Waals surface area (Å²) in [6.45, 7) is 7.53. The average molecular weight is 273 g/mol. The maximum absolute atomic E-state index is 12.5.